The topological polar surface area (TPSA) is 38.7 Å². The van der Waals surface area contributed by atoms with Gasteiger partial charge in [0.25, 0.3) is 0 Å². The molecule has 1 saturated heterocycles. The first kappa shape index (κ1) is 18.3. The number of hydrogen-bond acceptors (Lipinski definition) is 3. The Kier molecular flexibility index (Phi) is 5.22. The summed E-state index contributed by atoms with van der Waals surface area (Å²) in [6.07, 6.45) is -4.35. The maximum absolute atomic E-state index is 12.6. The van der Waals surface area contributed by atoms with Crippen LogP contribution in [0.2, 0.25) is 0 Å². The van der Waals surface area contributed by atoms with Crippen molar-refractivity contribution in [1.29, 1.82) is 0 Å². The lowest BCUT2D eigenvalue weighted by Crippen LogP contribution is -2.50. The first-order chi connectivity index (χ1) is 12.3. The van der Waals surface area contributed by atoms with Gasteiger partial charge < -0.3 is 20.2 Å². The summed E-state index contributed by atoms with van der Waals surface area (Å²) >= 11 is 5.37. The van der Waals surface area contributed by atoms with E-state index in [9.17, 15) is 18.3 Å². The number of nitrogens with zero attached hydrogens (tertiary/aromatic N) is 2. The van der Waals surface area contributed by atoms with Crippen molar-refractivity contribution in [1.82, 2.24) is 4.90 Å². The van der Waals surface area contributed by atoms with Gasteiger partial charge in [0.2, 0.25) is 0 Å². The molecule has 4 nitrogen and oxygen atoms in total. The van der Waals surface area contributed by atoms with Gasteiger partial charge in [-0.3, -0.25) is 0 Å². The molecule has 0 aromatic heterocycles. The van der Waals surface area contributed by atoms with E-state index in [1.165, 1.54) is 12.1 Å². The highest BCUT2D eigenvalue weighted by molar-refractivity contribution is 7.80. The van der Waals surface area contributed by atoms with E-state index in [4.69, 9.17) is 12.2 Å². The predicted octanol–water partition coefficient (Wildman–Crippen LogP) is 3.93. The van der Waals surface area contributed by atoms with E-state index in [2.05, 4.69) is 10.2 Å². The molecule has 0 saturated carbocycles. The molecule has 0 spiro atoms. The number of piperazine rings is 1. The number of anilines is 2. The van der Waals surface area contributed by atoms with Crippen LogP contribution in [-0.2, 0) is 6.18 Å². The number of rotatable bonds is 2. The van der Waals surface area contributed by atoms with Crippen molar-refractivity contribution < 1.29 is 18.3 Å². The van der Waals surface area contributed by atoms with Crippen LogP contribution in [0.15, 0.2) is 48.5 Å². The lowest BCUT2D eigenvalue weighted by Gasteiger charge is -2.37. The Hall–Kier alpha value is -2.48. The van der Waals surface area contributed by atoms with Gasteiger partial charge in [-0.05, 0) is 48.6 Å². The summed E-state index contributed by atoms with van der Waals surface area (Å²) in [6, 6.07) is 11.9. The molecule has 1 fully saturated rings. The van der Waals surface area contributed by atoms with Gasteiger partial charge in [0.1, 0.15) is 5.75 Å². The predicted molar refractivity (Wildman–Crippen MR) is 99.6 cm³/mol. The van der Waals surface area contributed by atoms with Crippen LogP contribution in [0.5, 0.6) is 5.75 Å². The number of alkyl halides is 3. The zero-order valence-electron chi connectivity index (χ0n) is 13.8. The van der Waals surface area contributed by atoms with E-state index >= 15 is 0 Å². The molecule has 1 aliphatic heterocycles. The second-order valence-electron chi connectivity index (χ2n) is 6.00. The molecule has 1 aliphatic rings. The van der Waals surface area contributed by atoms with Crippen molar-refractivity contribution in [3.05, 3.63) is 54.1 Å². The molecule has 0 aliphatic carbocycles. The van der Waals surface area contributed by atoms with Crippen LogP contribution in [0, 0.1) is 0 Å². The van der Waals surface area contributed by atoms with Gasteiger partial charge in [-0.15, -0.1) is 0 Å². The number of nitrogens with one attached hydrogen (secondary N) is 1. The normalized spacial score (nSPS) is 15.0. The van der Waals surface area contributed by atoms with Crippen LogP contribution in [0.1, 0.15) is 5.56 Å². The molecule has 0 amide bonds. The monoisotopic (exact) mass is 381 g/mol. The smallest absolute Gasteiger partial charge is 0.416 e. The second-order valence-corrected chi connectivity index (χ2v) is 6.39. The van der Waals surface area contributed by atoms with Crippen LogP contribution < -0.4 is 10.2 Å². The highest BCUT2D eigenvalue weighted by Gasteiger charge is 2.30. The van der Waals surface area contributed by atoms with Crippen molar-refractivity contribution in [2.45, 2.75) is 6.18 Å². The Labute approximate surface area is 154 Å². The molecule has 0 atom stereocenters. The van der Waals surface area contributed by atoms with E-state index in [1.54, 1.807) is 18.2 Å². The quantitative estimate of drug-likeness (QED) is 0.772. The summed E-state index contributed by atoms with van der Waals surface area (Å²) in [6.45, 7) is 2.83. The van der Waals surface area contributed by atoms with E-state index in [-0.39, 0.29) is 5.75 Å². The zero-order valence-corrected chi connectivity index (χ0v) is 14.6. The Morgan fingerprint density at radius 3 is 2.23 bits per heavy atom. The third-order valence-electron chi connectivity index (χ3n) is 4.23. The summed E-state index contributed by atoms with van der Waals surface area (Å²) in [5.41, 5.74) is 0.790. The van der Waals surface area contributed by atoms with E-state index < -0.39 is 11.7 Å². The van der Waals surface area contributed by atoms with Crippen molar-refractivity contribution in [3.8, 4) is 5.75 Å². The van der Waals surface area contributed by atoms with Gasteiger partial charge in [-0.25, -0.2) is 0 Å². The molecule has 26 heavy (non-hydrogen) atoms. The first-order valence-corrected chi connectivity index (χ1v) is 8.51. The molecule has 138 valence electrons. The molecule has 2 N–H and O–H groups in total. The largest absolute Gasteiger partial charge is 0.508 e. The highest BCUT2D eigenvalue weighted by Crippen LogP contribution is 2.30. The molecular weight excluding hydrogens is 363 g/mol. The van der Waals surface area contributed by atoms with Crippen LogP contribution in [0.25, 0.3) is 0 Å². The molecule has 0 bridgehead atoms. The van der Waals surface area contributed by atoms with Gasteiger partial charge in [-0.2, -0.15) is 13.2 Å². The van der Waals surface area contributed by atoms with Gasteiger partial charge in [0.05, 0.1) is 5.56 Å². The Bertz CT molecular complexity index is 772. The molecule has 0 unspecified atom stereocenters. The highest BCUT2D eigenvalue weighted by atomic mass is 32.1. The van der Waals surface area contributed by atoms with E-state index in [1.807, 2.05) is 11.0 Å². The average molecular weight is 381 g/mol. The number of benzene rings is 2. The lowest BCUT2D eigenvalue weighted by molar-refractivity contribution is -0.137. The number of phenols is 1. The Balaban J connectivity index is 1.55. The Morgan fingerprint density at radius 2 is 1.65 bits per heavy atom. The minimum Gasteiger partial charge on any atom is -0.508 e. The Morgan fingerprint density at radius 1 is 1.00 bits per heavy atom. The van der Waals surface area contributed by atoms with E-state index in [0.717, 1.165) is 30.9 Å². The number of hydrogen-bond donors (Lipinski definition) is 2. The zero-order chi connectivity index (χ0) is 18.7. The number of thiocarbonyl (C=S) groups is 1. The van der Waals surface area contributed by atoms with Crippen LogP contribution in [0.4, 0.5) is 24.5 Å². The minimum atomic E-state index is -4.35. The van der Waals surface area contributed by atoms with Crippen molar-refractivity contribution in [2.24, 2.45) is 0 Å². The fourth-order valence-electron chi connectivity index (χ4n) is 2.80. The number of phenolic OH excluding ortho intramolecular Hbond substituents is 1. The maximum Gasteiger partial charge on any atom is 0.416 e. The number of aromatic hydroxyl groups is 1. The fourth-order valence-corrected chi connectivity index (χ4v) is 3.10. The van der Waals surface area contributed by atoms with Crippen LogP contribution in [0.3, 0.4) is 0 Å². The van der Waals surface area contributed by atoms with Crippen molar-refractivity contribution in [3.63, 3.8) is 0 Å². The summed E-state index contributed by atoms with van der Waals surface area (Å²) in [5, 5.41) is 13.1. The maximum atomic E-state index is 12.6. The van der Waals surface area contributed by atoms with Gasteiger partial charge >= 0.3 is 6.18 Å². The molecule has 0 radical (unpaired) electrons. The van der Waals surface area contributed by atoms with Crippen molar-refractivity contribution >= 4 is 28.7 Å². The number of halogens is 3. The minimum absolute atomic E-state index is 0.226. The lowest BCUT2D eigenvalue weighted by atomic mass is 10.2. The molecule has 3 rings (SSSR count). The van der Waals surface area contributed by atoms with Gasteiger partial charge in [-0.1, -0.05) is 6.07 Å². The molecule has 2 aromatic rings. The molecular formula is C18H18F3N3OS. The van der Waals surface area contributed by atoms with Gasteiger partial charge in [0, 0.05) is 43.6 Å². The van der Waals surface area contributed by atoms with Crippen LogP contribution in [-0.4, -0.2) is 41.3 Å². The summed E-state index contributed by atoms with van der Waals surface area (Å²) in [4.78, 5) is 4.13. The average Bonchev–Trinajstić information content (AvgIpc) is 2.61. The third-order valence-corrected chi connectivity index (χ3v) is 4.59. The van der Waals surface area contributed by atoms with E-state index in [0.29, 0.717) is 23.9 Å². The van der Waals surface area contributed by atoms with Gasteiger partial charge in [0.15, 0.2) is 5.11 Å². The fraction of sp³-hybridized carbons (Fsp3) is 0.278. The third kappa shape index (κ3) is 4.37. The molecule has 1 heterocycles. The SMILES string of the molecule is Oc1cccc(N2CCN(C(=S)Nc3ccc(C(F)(F)F)cc3)CC2)c1. The summed E-state index contributed by atoms with van der Waals surface area (Å²) in [7, 11) is 0. The first-order valence-electron chi connectivity index (χ1n) is 8.10. The summed E-state index contributed by atoms with van der Waals surface area (Å²) in [5.74, 6) is 0.226. The van der Waals surface area contributed by atoms with Crippen molar-refractivity contribution in [2.75, 3.05) is 36.4 Å². The summed E-state index contributed by atoms with van der Waals surface area (Å²) < 4.78 is 37.8. The standard InChI is InChI=1S/C18H18F3N3OS/c19-18(20,21)13-4-6-14(7-5-13)22-17(26)24-10-8-23(9-11-24)15-2-1-3-16(25)12-15/h1-7,12,25H,8-11H2,(H,22,26). The van der Waals surface area contributed by atoms with Crippen LogP contribution >= 0.6 is 12.2 Å². The molecule has 8 heteroatoms. The molecule has 2 aromatic carbocycles. The second kappa shape index (κ2) is 7.41.